The summed E-state index contributed by atoms with van der Waals surface area (Å²) in [5.41, 5.74) is 4.09. The van der Waals surface area contributed by atoms with E-state index in [4.69, 9.17) is 23.2 Å². The Hall–Kier alpha value is -2.34. The molecular formula is C26H28Cl2N4O. The number of nitrogens with zero attached hydrogens (tertiary/aromatic N) is 3. The Morgan fingerprint density at radius 3 is 2.76 bits per heavy atom. The molecule has 3 aromatic rings. The lowest BCUT2D eigenvalue weighted by Gasteiger charge is -2.34. The van der Waals surface area contributed by atoms with Crippen molar-refractivity contribution in [2.24, 2.45) is 0 Å². The first-order valence-corrected chi connectivity index (χ1v) is 12.3. The van der Waals surface area contributed by atoms with E-state index in [0.29, 0.717) is 16.6 Å². The van der Waals surface area contributed by atoms with Gasteiger partial charge in [0.05, 0.1) is 23.3 Å². The van der Waals surface area contributed by atoms with E-state index in [0.717, 1.165) is 48.8 Å². The molecule has 0 spiro atoms. The highest BCUT2D eigenvalue weighted by Gasteiger charge is 2.39. The summed E-state index contributed by atoms with van der Waals surface area (Å²) in [6.45, 7) is 6.44. The number of carbonyl (C=O) groups excluding carboxylic acids is 1. The summed E-state index contributed by atoms with van der Waals surface area (Å²) in [6, 6.07) is 12.0. The Bertz CT molecular complexity index is 1240. The molecule has 1 amide bonds. The molecule has 1 N–H and O–H groups in total. The number of benzene rings is 2. The maximum atomic E-state index is 13.0. The van der Waals surface area contributed by atoms with Crippen molar-refractivity contribution >= 4 is 45.6 Å². The lowest BCUT2D eigenvalue weighted by atomic mass is 9.95. The number of amides is 1. The summed E-state index contributed by atoms with van der Waals surface area (Å²) in [4.78, 5) is 15.0. The SMILES string of the molecule is CC(c1ccc(Cl)cc1Cl)n1ncc2ccc(C3=CCN(C(=O)[C@@]4(C)CCCN4)CC3)cc21. The van der Waals surface area contributed by atoms with Crippen LogP contribution in [0.3, 0.4) is 0 Å². The molecule has 2 aliphatic rings. The van der Waals surface area contributed by atoms with E-state index < -0.39 is 5.54 Å². The van der Waals surface area contributed by atoms with Crippen LogP contribution in [0.1, 0.15) is 50.3 Å². The molecule has 0 radical (unpaired) electrons. The van der Waals surface area contributed by atoms with Crippen LogP contribution in [0, 0.1) is 0 Å². The van der Waals surface area contributed by atoms with Crippen molar-refractivity contribution in [3.63, 3.8) is 0 Å². The highest BCUT2D eigenvalue weighted by atomic mass is 35.5. The van der Waals surface area contributed by atoms with Crippen molar-refractivity contribution in [2.75, 3.05) is 19.6 Å². The van der Waals surface area contributed by atoms with Gasteiger partial charge in [-0.1, -0.05) is 47.5 Å². The van der Waals surface area contributed by atoms with Crippen LogP contribution in [0.2, 0.25) is 10.0 Å². The number of fused-ring (bicyclic) bond motifs is 1. The highest BCUT2D eigenvalue weighted by molar-refractivity contribution is 6.35. The summed E-state index contributed by atoms with van der Waals surface area (Å²) in [7, 11) is 0. The molecule has 5 rings (SSSR count). The van der Waals surface area contributed by atoms with Gasteiger partial charge in [0.1, 0.15) is 0 Å². The van der Waals surface area contributed by atoms with E-state index >= 15 is 0 Å². The van der Waals surface area contributed by atoms with Gasteiger partial charge in [0.25, 0.3) is 0 Å². The van der Waals surface area contributed by atoms with E-state index in [-0.39, 0.29) is 11.9 Å². The predicted octanol–water partition coefficient (Wildman–Crippen LogP) is 5.71. The molecule has 3 heterocycles. The van der Waals surface area contributed by atoms with Crippen molar-refractivity contribution < 1.29 is 4.79 Å². The summed E-state index contributed by atoms with van der Waals surface area (Å²) in [5.74, 6) is 0.220. The smallest absolute Gasteiger partial charge is 0.242 e. The molecule has 7 heteroatoms. The molecule has 1 aromatic heterocycles. The van der Waals surface area contributed by atoms with Gasteiger partial charge in [0.2, 0.25) is 5.91 Å². The number of aromatic nitrogens is 2. The minimum Gasteiger partial charge on any atom is -0.337 e. The molecule has 172 valence electrons. The average Bonchev–Trinajstić information content (AvgIpc) is 3.45. The standard InChI is InChI=1S/C26H28Cl2N4O/c1-17(22-7-6-21(27)15-23(22)28)32-24-14-19(4-5-20(24)16-30-32)18-8-12-31(13-9-18)25(33)26(2)10-3-11-29-26/h4-8,14-17,29H,3,9-13H2,1-2H3/t17?,26-/m1/s1. The van der Waals surface area contributed by atoms with E-state index in [1.54, 1.807) is 6.07 Å². The van der Waals surface area contributed by atoms with Crippen molar-refractivity contribution in [1.29, 1.82) is 0 Å². The van der Waals surface area contributed by atoms with Gasteiger partial charge in [-0.2, -0.15) is 5.10 Å². The number of hydrogen-bond donors (Lipinski definition) is 1. The van der Waals surface area contributed by atoms with Crippen molar-refractivity contribution in [2.45, 2.75) is 44.7 Å². The zero-order valence-corrected chi connectivity index (χ0v) is 20.5. The third-order valence-electron chi connectivity index (χ3n) is 7.09. The van der Waals surface area contributed by atoms with Gasteiger partial charge in [-0.25, -0.2) is 0 Å². The average molecular weight is 483 g/mol. The van der Waals surface area contributed by atoms with Crippen LogP contribution < -0.4 is 5.32 Å². The Morgan fingerprint density at radius 1 is 1.21 bits per heavy atom. The molecule has 1 saturated heterocycles. The second-order valence-electron chi connectivity index (χ2n) is 9.30. The molecule has 1 unspecified atom stereocenters. The van der Waals surface area contributed by atoms with Crippen molar-refractivity contribution in [3.8, 4) is 0 Å². The zero-order chi connectivity index (χ0) is 23.2. The Kier molecular flexibility index (Phi) is 5.98. The maximum absolute atomic E-state index is 13.0. The number of halogens is 2. The largest absolute Gasteiger partial charge is 0.337 e. The van der Waals surface area contributed by atoms with Crippen LogP contribution in [0.4, 0.5) is 0 Å². The molecule has 0 bridgehead atoms. The van der Waals surface area contributed by atoms with Crippen molar-refractivity contribution in [1.82, 2.24) is 20.0 Å². The fraction of sp³-hybridized carbons (Fsp3) is 0.385. The molecule has 5 nitrogen and oxygen atoms in total. The van der Waals surface area contributed by atoms with Gasteiger partial charge in [-0.3, -0.25) is 9.48 Å². The van der Waals surface area contributed by atoms with Gasteiger partial charge in [0, 0.05) is 28.5 Å². The van der Waals surface area contributed by atoms with Gasteiger partial charge in [-0.05, 0) is 74.6 Å². The van der Waals surface area contributed by atoms with Crippen LogP contribution in [-0.2, 0) is 4.79 Å². The first kappa shape index (κ1) is 22.5. The first-order valence-electron chi connectivity index (χ1n) is 11.5. The summed E-state index contributed by atoms with van der Waals surface area (Å²) < 4.78 is 2.01. The van der Waals surface area contributed by atoms with Crippen LogP contribution in [0.15, 0.2) is 48.7 Å². The van der Waals surface area contributed by atoms with Gasteiger partial charge in [-0.15, -0.1) is 0 Å². The Labute approximate surface area is 204 Å². The summed E-state index contributed by atoms with van der Waals surface area (Å²) in [6.07, 6.45) is 6.91. The Morgan fingerprint density at radius 2 is 2.06 bits per heavy atom. The molecule has 33 heavy (non-hydrogen) atoms. The van der Waals surface area contributed by atoms with E-state index in [1.807, 2.05) is 34.8 Å². The summed E-state index contributed by atoms with van der Waals surface area (Å²) >= 11 is 12.6. The lowest BCUT2D eigenvalue weighted by molar-refractivity contribution is -0.136. The molecule has 1 fully saturated rings. The molecular weight excluding hydrogens is 455 g/mol. The van der Waals surface area contributed by atoms with E-state index in [9.17, 15) is 4.79 Å². The number of hydrogen-bond acceptors (Lipinski definition) is 3. The molecule has 2 aliphatic heterocycles. The van der Waals surface area contributed by atoms with Gasteiger partial charge in [0.15, 0.2) is 0 Å². The molecule has 0 aliphatic carbocycles. The fourth-order valence-corrected chi connectivity index (χ4v) is 5.63. The number of rotatable bonds is 4. The van der Waals surface area contributed by atoms with Crippen LogP contribution in [-0.4, -0.2) is 45.8 Å². The zero-order valence-electron chi connectivity index (χ0n) is 18.9. The second-order valence-corrected chi connectivity index (χ2v) is 10.1. The highest BCUT2D eigenvalue weighted by Crippen LogP contribution is 2.32. The first-order chi connectivity index (χ1) is 15.9. The minimum atomic E-state index is -0.407. The number of nitrogens with one attached hydrogen (secondary N) is 1. The molecule has 0 saturated carbocycles. The monoisotopic (exact) mass is 482 g/mol. The third kappa shape index (κ3) is 4.18. The molecule has 2 aromatic carbocycles. The van der Waals surface area contributed by atoms with Crippen LogP contribution >= 0.6 is 23.2 Å². The normalized spacial score (nSPS) is 21.9. The minimum absolute atomic E-state index is 0.0318. The third-order valence-corrected chi connectivity index (χ3v) is 7.65. The van der Waals surface area contributed by atoms with Gasteiger partial charge >= 0.3 is 0 Å². The second kappa shape index (κ2) is 8.79. The predicted molar refractivity (Wildman–Crippen MR) is 135 cm³/mol. The molecule has 2 atom stereocenters. The maximum Gasteiger partial charge on any atom is 0.242 e. The van der Waals surface area contributed by atoms with Crippen LogP contribution in [0.25, 0.3) is 16.5 Å². The quantitative estimate of drug-likeness (QED) is 0.517. The van der Waals surface area contributed by atoms with Crippen LogP contribution in [0.5, 0.6) is 0 Å². The topological polar surface area (TPSA) is 50.2 Å². The Balaban J connectivity index is 1.40. The van der Waals surface area contributed by atoms with E-state index in [1.165, 1.54) is 11.1 Å². The van der Waals surface area contributed by atoms with Crippen molar-refractivity contribution in [3.05, 3.63) is 69.8 Å². The fourth-order valence-electron chi connectivity index (χ4n) is 5.06. The number of carbonyl (C=O) groups is 1. The summed E-state index contributed by atoms with van der Waals surface area (Å²) in [5, 5.41) is 10.4. The van der Waals surface area contributed by atoms with Gasteiger partial charge < -0.3 is 10.2 Å². The van der Waals surface area contributed by atoms with E-state index in [2.05, 4.69) is 41.6 Å². The lowest BCUT2D eigenvalue weighted by Crippen LogP contribution is -2.53.